The highest BCUT2D eigenvalue weighted by molar-refractivity contribution is 7.99. The molecule has 1 aliphatic rings. The van der Waals surface area contributed by atoms with Crippen molar-refractivity contribution in [3.8, 4) is 5.75 Å². The number of alkyl halides is 1. The molecule has 1 saturated heterocycles. The maximum atomic E-state index is 15.4. The van der Waals surface area contributed by atoms with E-state index in [9.17, 15) is 9.90 Å². The number of halogens is 1. The minimum Gasteiger partial charge on any atom is -0.497 e. The second kappa shape index (κ2) is 13.1. The van der Waals surface area contributed by atoms with Crippen molar-refractivity contribution in [3.05, 3.63) is 36.0 Å². The number of unbranched alkanes of at least 4 members (excludes halogenated alkanes) is 1. The molecule has 2 aromatic rings. The number of pyridine rings is 1. The molecule has 3 atom stereocenters. The van der Waals surface area contributed by atoms with E-state index in [0.717, 1.165) is 42.7 Å². The number of carboxylic acids is 1. The van der Waals surface area contributed by atoms with E-state index in [0.29, 0.717) is 24.2 Å². The average molecular weight is 477 g/mol. The molecule has 0 amide bonds. The first-order chi connectivity index (χ1) is 16.0. The summed E-state index contributed by atoms with van der Waals surface area (Å²) in [7, 11) is 1.60. The number of carbonyl (C=O) groups is 1. The van der Waals surface area contributed by atoms with Gasteiger partial charge in [0.05, 0.1) is 12.6 Å². The molecule has 0 radical (unpaired) electrons. The quantitative estimate of drug-likeness (QED) is 0.359. The number of benzene rings is 1. The van der Waals surface area contributed by atoms with Gasteiger partial charge in [0.25, 0.3) is 0 Å². The summed E-state index contributed by atoms with van der Waals surface area (Å²) in [6.45, 7) is 4.99. The average Bonchev–Trinajstić information content (AvgIpc) is 2.82. The molecular weight excluding hydrogens is 439 g/mol. The van der Waals surface area contributed by atoms with Crippen molar-refractivity contribution >= 4 is 28.6 Å². The summed E-state index contributed by atoms with van der Waals surface area (Å²) in [5.41, 5.74) is 1.39. The lowest BCUT2D eigenvalue weighted by Gasteiger charge is -2.38. The van der Waals surface area contributed by atoms with E-state index in [2.05, 4.69) is 16.8 Å². The summed E-state index contributed by atoms with van der Waals surface area (Å²) in [6.07, 6.45) is 5.21. The summed E-state index contributed by atoms with van der Waals surface area (Å²) in [6, 6.07) is 7.27. The van der Waals surface area contributed by atoms with E-state index in [1.54, 1.807) is 19.4 Å². The van der Waals surface area contributed by atoms with Crippen LogP contribution in [0.1, 0.15) is 57.2 Å². The van der Waals surface area contributed by atoms with Crippen molar-refractivity contribution in [3.63, 3.8) is 0 Å². The second-order valence-corrected chi connectivity index (χ2v) is 10.2. The van der Waals surface area contributed by atoms with Gasteiger partial charge in [0.1, 0.15) is 11.9 Å². The van der Waals surface area contributed by atoms with E-state index >= 15 is 4.39 Å². The van der Waals surface area contributed by atoms with Gasteiger partial charge in [0.15, 0.2) is 0 Å². The van der Waals surface area contributed by atoms with Crippen LogP contribution in [0, 0.1) is 11.8 Å². The number of nitrogens with zero attached hydrogens (tertiary/aromatic N) is 2. The molecule has 33 heavy (non-hydrogen) atoms. The predicted octanol–water partition coefficient (Wildman–Crippen LogP) is 5.98. The van der Waals surface area contributed by atoms with E-state index in [1.165, 1.54) is 18.6 Å². The number of aliphatic carboxylic acids is 1. The normalized spacial score (nSPS) is 20.1. The summed E-state index contributed by atoms with van der Waals surface area (Å²) >= 11 is 1.98. The Morgan fingerprint density at radius 3 is 2.94 bits per heavy atom. The third-order valence-electron chi connectivity index (χ3n) is 6.72. The van der Waals surface area contributed by atoms with Crippen molar-refractivity contribution in [2.75, 3.05) is 38.2 Å². The number of likely N-dealkylation sites (tertiary alicyclic amines) is 1. The Morgan fingerprint density at radius 2 is 2.18 bits per heavy atom. The van der Waals surface area contributed by atoms with E-state index in [4.69, 9.17) is 4.74 Å². The van der Waals surface area contributed by atoms with Gasteiger partial charge < -0.3 is 14.7 Å². The monoisotopic (exact) mass is 476 g/mol. The molecule has 0 bridgehead atoms. The number of methoxy groups -OCH3 is 1. The van der Waals surface area contributed by atoms with E-state index in [1.807, 2.05) is 30.0 Å². The molecule has 0 spiro atoms. The maximum Gasteiger partial charge on any atom is 0.303 e. The fraction of sp³-hybridized carbons (Fsp3) is 0.615. The lowest BCUT2D eigenvalue weighted by molar-refractivity contribution is -0.139. The number of carboxylic acid groups (broad SMARTS) is 1. The molecule has 2 heterocycles. The van der Waals surface area contributed by atoms with Crippen LogP contribution in [-0.4, -0.2) is 59.2 Å². The van der Waals surface area contributed by atoms with Gasteiger partial charge in [-0.3, -0.25) is 9.78 Å². The number of thioether (sulfide) groups is 1. The fourth-order valence-corrected chi connectivity index (χ4v) is 5.88. The first-order valence-electron chi connectivity index (χ1n) is 12.1. The zero-order valence-electron chi connectivity index (χ0n) is 19.8. The third kappa shape index (κ3) is 7.57. The Bertz CT molecular complexity index is 897. The van der Waals surface area contributed by atoms with Crippen LogP contribution in [0.3, 0.4) is 0 Å². The van der Waals surface area contributed by atoms with Crippen molar-refractivity contribution in [1.82, 2.24) is 9.88 Å². The highest BCUT2D eigenvalue weighted by Crippen LogP contribution is 2.36. The van der Waals surface area contributed by atoms with Crippen LogP contribution in [0.5, 0.6) is 5.75 Å². The smallest absolute Gasteiger partial charge is 0.303 e. The summed E-state index contributed by atoms with van der Waals surface area (Å²) in [5.74, 6) is 2.54. The molecule has 1 aromatic carbocycles. The van der Waals surface area contributed by atoms with Crippen LogP contribution in [0.25, 0.3) is 10.9 Å². The van der Waals surface area contributed by atoms with Crippen LogP contribution in [0.4, 0.5) is 4.39 Å². The number of aromatic nitrogens is 1. The number of hydrogen-bond acceptors (Lipinski definition) is 5. The molecule has 5 nitrogen and oxygen atoms in total. The fourth-order valence-electron chi connectivity index (χ4n) is 4.80. The van der Waals surface area contributed by atoms with Gasteiger partial charge in [-0.1, -0.05) is 13.3 Å². The minimum absolute atomic E-state index is 0.0818. The van der Waals surface area contributed by atoms with Gasteiger partial charge in [-0.2, -0.15) is 11.8 Å². The predicted molar refractivity (Wildman–Crippen MR) is 134 cm³/mol. The highest BCUT2D eigenvalue weighted by atomic mass is 32.2. The largest absolute Gasteiger partial charge is 0.497 e. The molecule has 0 saturated carbocycles. The SMILES string of the molecule is CCCCSCCN1CC[C@@H](CCC(F)c2ccnc3ccc(OC)cc23)[C@@H](CC(=O)O)C1. The molecule has 7 heteroatoms. The second-order valence-electron chi connectivity index (χ2n) is 9.00. The number of fused-ring (bicyclic) bond motifs is 1. The van der Waals surface area contributed by atoms with Gasteiger partial charge in [-0.25, -0.2) is 4.39 Å². The number of hydrogen-bond donors (Lipinski definition) is 1. The number of piperidine rings is 1. The van der Waals surface area contributed by atoms with Crippen LogP contribution >= 0.6 is 11.8 Å². The molecule has 0 aliphatic carbocycles. The Hall–Kier alpha value is -1.86. The zero-order valence-corrected chi connectivity index (χ0v) is 20.7. The Kier molecular flexibility index (Phi) is 10.3. The van der Waals surface area contributed by atoms with Gasteiger partial charge in [0.2, 0.25) is 0 Å². The topological polar surface area (TPSA) is 62.7 Å². The Balaban J connectivity index is 1.59. The Morgan fingerprint density at radius 1 is 1.33 bits per heavy atom. The molecule has 1 aromatic heterocycles. The summed E-state index contributed by atoms with van der Waals surface area (Å²) in [4.78, 5) is 18.3. The van der Waals surface area contributed by atoms with Gasteiger partial charge in [0, 0.05) is 36.8 Å². The Labute approximate surface area is 201 Å². The highest BCUT2D eigenvalue weighted by Gasteiger charge is 2.31. The molecule has 3 rings (SSSR count). The molecule has 1 N–H and O–H groups in total. The van der Waals surface area contributed by atoms with Crippen LogP contribution in [0.15, 0.2) is 30.5 Å². The van der Waals surface area contributed by atoms with Crippen molar-refractivity contribution < 1.29 is 19.0 Å². The van der Waals surface area contributed by atoms with Crippen molar-refractivity contribution in [1.29, 1.82) is 0 Å². The van der Waals surface area contributed by atoms with E-state index < -0.39 is 12.1 Å². The van der Waals surface area contributed by atoms with Crippen LogP contribution in [-0.2, 0) is 4.79 Å². The van der Waals surface area contributed by atoms with Crippen LogP contribution < -0.4 is 4.74 Å². The third-order valence-corrected chi connectivity index (χ3v) is 7.77. The van der Waals surface area contributed by atoms with E-state index in [-0.39, 0.29) is 18.3 Å². The van der Waals surface area contributed by atoms with Gasteiger partial charge in [-0.15, -0.1) is 0 Å². The molecule has 182 valence electrons. The number of ether oxygens (including phenoxy) is 1. The van der Waals surface area contributed by atoms with Crippen LogP contribution in [0.2, 0.25) is 0 Å². The minimum atomic E-state index is -1.11. The maximum absolute atomic E-state index is 15.4. The number of rotatable bonds is 13. The van der Waals surface area contributed by atoms with Crippen molar-refractivity contribution in [2.24, 2.45) is 11.8 Å². The summed E-state index contributed by atoms with van der Waals surface area (Å²) < 4.78 is 20.7. The molecule has 1 fully saturated rings. The summed E-state index contributed by atoms with van der Waals surface area (Å²) in [5, 5.41) is 10.2. The standard InChI is InChI=1S/C26H37FN2O3S/c1-3-4-14-33-15-13-29-12-10-19(20(18-29)16-26(30)31)5-7-24(27)22-9-11-28-25-8-6-21(32-2)17-23(22)25/h6,8-9,11,17,19-20,24H,3-5,7,10,12-16,18H2,1-2H3,(H,30,31)/t19-,20+,24?/m1/s1. The lowest BCUT2D eigenvalue weighted by atomic mass is 9.79. The van der Waals surface area contributed by atoms with Gasteiger partial charge in [-0.05, 0) is 79.6 Å². The molecular formula is C26H37FN2O3S. The first kappa shape index (κ1) is 25.8. The lowest BCUT2D eigenvalue weighted by Crippen LogP contribution is -2.42. The first-order valence-corrected chi connectivity index (χ1v) is 13.3. The molecule has 1 unspecified atom stereocenters. The van der Waals surface area contributed by atoms with Gasteiger partial charge >= 0.3 is 5.97 Å². The zero-order chi connectivity index (χ0) is 23.6. The van der Waals surface area contributed by atoms with Crippen molar-refractivity contribution in [2.45, 2.75) is 51.6 Å². The molecule has 1 aliphatic heterocycles.